The van der Waals surface area contributed by atoms with Gasteiger partial charge in [-0.15, -0.1) is 0 Å². The minimum Gasteiger partial charge on any atom is -0.466 e. The molecule has 1 fully saturated rings. The Balaban J connectivity index is 2.17. The topological polar surface area (TPSA) is 52.6 Å². The molecule has 1 aliphatic rings. The van der Waals surface area contributed by atoms with E-state index in [0.29, 0.717) is 25.6 Å². The van der Waals surface area contributed by atoms with Gasteiger partial charge >= 0.3 is 5.97 Å². The maximum Gasteiger partial charge on any atom is 0.313 e. The molecule has 1 heterocycles. The molecular weight excluding hydrogens is 184 g/mol. The summed E-state index contributed by atoms with van der Waals surface area (Å²) in [6.45, 7) is 3.44. The van der Waals surface area contributed by atoms with Crippen molar-refractivity contribution < 1.29 is 19.1 Å². The molecule has 0 aromatic heterocycles. The van der Waals surface area contributed by atoms with E-state index in [4.69, 9.17) is 4.74 Å². The number of rotatable bonds is 5. The van der Waals surface area contributed by atoms with Crippen LogP contribution in [-0.2, 0) is 19.1 Å². The van der Waals surface area contributed by atoms with Crippen molar-refractivity contribution in [2.75, 3.05) is 19.8 Å². The Kier molecular flexibility index (Phi) is 4.59. The van der Waals surface area contributed by atoms with Gasteiger partial charge in [-0.3, -0.25) is 9.59 Å². The van der Waals surface area contributed by atoms with E-state index in [0.717, 1.165) is 13.0 Å². The Morgan fingerprint density at radius 1 is 1.50 bits per heavy atom. The number of hydrogen-bond donors (Lipinski definition) is 0. The zero-order valence-electron chi connectivity index (χ0n) is 8.45. The van der Waals surface area contributed by atoms with Crippen molar-refractivity contribution in [3.63, 3.8) is 0 Å². The summed E-state index contributed by atoms with van der Waals surface area (Å²) in [6.07, 6.45) is 1.28. The summed E-state index contributed by atoms with van der Waals surface area (Å²) < 4.78 is 9.83. The molecule has 0 N–H and O–H groups in total. The van der Waals surface area contributed by atoms with Crippen molar-refractivity contribution in [2.45, 2.75) is 26.2 Å². The van der Waals surface area contributed by atoms with E-state index in [1.165, 1.54) is 0 Å². The lowest BCUT2D eigenvalue weighted by Gasteiger charge is -2.05. The van der Waals surface area contributed by atoms with E-state index in [2.05, 4.69) is 4.74 Å². The Hall–Kier alpha value is -0.900. The molecule has 1 rings (SSSR count). The van der Waals surface area contributed by atoms with Gasteiger partial charge in [0.25, 0.3) is 0 Å². The molecule has 0 aromatic carbocycles. The SMILES string of the molecule is CCOC(=O)CC(=O)CC1CCOC1. The third-order valence-electron chi connectivity index (χ3n) is 2.19. The van der Waals surface area contributed by atoms with Crippen molar-refractivity contribution in [3.05, 3.63) is 0 Å². The van der Waals surface area contributed by atoms with E-state index < -0.39 is 5.97 Å². The van der Waals surface area contributed by atoms with Gasteiger partial charge < -0.3 is 9.47 Å². The molecule has 0 bridgehead atoms. The summed E-state index contributed by atoms with van der Waals surface area (Å²) in [4.78, 5) is 22.3. The monoisotopic (exact) mass is 200 g/mol. The average Bonchev–Trinajstić information content (AvgIpc) is 2.56. The number of ketones is 1. The lowest BCUT2D eigenvalue weighted by Crippen LogP contribution is -2.14. The number of esters is 1. The second kappa shape index (κ2) is 5.75. The van der Waals surface area contributed by atoms with Crippen LogP contribution in [0.2, 0.25) is 0 Å². The molecule has 1 aliphatic heterocycles. The molecule has 1 atom stereocenters. The summed E-state index contributed by atoms with van der Waals surface area (Å²) >= 11 is 0. The van der Waals surface area contributed by atoms with E-state index >= 15 is 0 Å². The van der Waals surface area contributed by atoms with Crippen molar-refractivity contribution in [1.82, 2.24) is 0 Å². The van der Waals surface area contributed by atoms with Gasteiger partial charge in [-0.25, -0.2) is 0 Å². The molecule has 0 aliphatic carbocycles. The summed E-state index contributed by atoms with van der Waals surface area (Å²) in [5.41, 5.74) is 0. The lowest BCUT2D eigenvalue weighted by molar-refractivity contribution is -0.145. The van der Waals surface area contributed by atoms with Crippen molar-refractivity contribution in [3.8, 4) is 0 Å². The number of carbonyl (C=O) groups is 2. The first kappa shape index (κ1) is 11.2. The Bertz CT molecular complexity index is 206. The fraction of sp³-hybridized carbons (Fsp3) is 0.800. The van der Waals surface area contributed by atoms with Crippen LogP contribution in [0.3, 0.4) is 0 Å². The zero-order valence-corrected chi connectivity index (χ0v) is 8.45. The van der Waals surface area contributed by atoms with Gasteiger partial charge in [0.2, 0.25) is 0 Å². The fourth-order valence-corrected chi connectivity index (χ4v) is 1.51. The van der Waals surface area contributed by atoms with Gasteiger partial charge in [0, 0.05) is 19.6 Å². The van der Waals surface area contributed by atoms with Crippen LogP contribution in [0, 0.1) is 5.92 Å². The third kappa shape index (κ3) is 3.87. The summed E-state index contributed by atoms with van der Waals surface area (Å²) in [5, 5.41) is 0. The molecule has 0 amide bonds. The standard InChI is InChI=1S/C10H16O4/c1-2-14-10(12)6-9(11)5-8-3-4-13-7-8/h8H,2-7H2,1H3. The van der Waals surface area contributed by atoms with Crippen molar-refractivity contribution in [2.24, 2.45) is 5.92 Å². The van der Waals surface area contributed by atoms with Crippen LogP contribution in [0.5, 0.6) is 0 Å². The van der Waals surface area contributed by atoms with E-state index in [-0.39, 0.29) is 12.2 Å². The Labute approximate surface area is 83.6 Å². The molecule has 0 saturated carbocycles. The third-order valence-corrected chi connectivity index (χ3v) is 2.19. The van der Waals surface area contributed by atoms with Crippen molar-refractivity contribution >= 4 is 11.8 Å². The quantitative estimate of drug-likeness (QED) is 0.489. The molecule has 0 aromatic rings. The fourth-order valence-electron chi connectivity index (χ4n) is 1.51. The van der Waals surface area contributed by atoms with Gasteiger partial charge in [0.05, 0.1) is 6.61 Å². The van der Waals surface area contributed by atoms with Gasteiger partial charge in [0.15, 0.2) is 0 Å². The molecule has 1 saturated heterocycles. The number of ether oxygens (including phenoxy) is 2. The molecule has 0 spiro atoms. The maximum absolute atomic E-state index is 11.3. The van der Waals surface area contributed by atoms with E-state index in [9.17, 15) is 9.59 Å². The summed E-state index contributed by atoms with van der Waals surface area (Å²) in [6, 6.07) is 0. The summed E-state index contributed by atoms with van der Waals surface area (Å²) in [5.74, 6) is -0.160. The van der Waals surface area contributed by atoms with Gasteiger partial charge in [-0.1, -0.05) is 0 Å². The van der Waals surface area contributed by atoms with Crippen LogP contribution in [0.15, 0.2) is 0 Å². The van der Waals surface area contributed by atoms with E-state index in [1.54, 1.807) is 6.92 Å². The molecular formula is C10H16O4. The highest BCUT2D eigenvalue weighted by molar-refractivity contribution is 5.95. The second-order valence-corrected chi connectivity index (χ2v) is 3.45. The van der Waals surface area contributed by atoms with Gasteiger partial charge in [-0.2, -0.15) is 0 Å². The van der Waals surface area contributed by atoms with Crippen LogP contribution in [-0.4, -0.2) is 31.6 Å². The molecule has 0 radical (unpaired) electrons. The number of hydrogen-bond acceptors (Lipinski definition) is 4. The molecule has 4 heteroatoms. The first-order valence-corrected chi connectivity index (χ1v) is 4.97. The predicted molar refractivity (Wildman–Crippen MR) is 49.8 cm³/mol. The largest absolute Gasteiger partial charge is 0.466 e. The maximum atomic E-state index is 11.3. The van der Waals surface area contributed by atoms with Crippen molar-refractivity contribution in [1.29, 1.82) is 0 Å². The Morgan fingerprint density at radius 2 is 2.29 bits per heavy atom. The lowest BCUT2D eigenvalue weighted by atomic mass is 10.0. The van der Waals surface area contributed by atoms with Gasteiger partial charge in [-0.05, 0) is 19.3 Å². The number of Topliss-reactive ketones (excluding diaryl/α,β-unsaturated/α-hetero) is 1. The number of carbonyl (C=O) groups excluding carboxylic acids is 2. The average molecular weight is 200 g/mol. The highest BCUT2D eigenvalue weighted by atomic mass is 16.5. The van der Waals surface area contributed by atoms with Crippen LogP contribution < -0.4 is 0 Å². The minimum atomic E-state index is -0.420. The molecule has 4 nitrogen and oxygen atoms in total. The highest BCUT2D eigenvalue weighted by Gasteiger charge is 2.20. The van der Waals surface area contributed by atoms with Crippen LogP contribution in [0.25, 0.3) is 0 Å². The zero-order chi connectivity index (χ0) is 10.4. The highest BCUT2D eigenvalue weighted by Crippen LogP contribution is 2.17. The first-order chi connectivity index (χ1) is 6.72. The second-order valence-electron chi connectivity index (χ2n) is 3.45. The molecule has 1 unspecified atom stereocenters. The van der Waals surface area contributed by atoms with E-state index in [1.807, 2.05) is 0 Å². The van der Waals surface area contributed by atoms with Crippen LogP contribution in [0.4, 0.5) is 0 Å². The first-order valence-electron chi connectivity index (χ1n) is 4.97. The summed E-state index contributed by atoms with van der Waals surface area (Å²) in [7, 11) is 0. The smallest absolute Gasteiger partial charge is 0.313 e. The predicted octanol–water partition coefficient (Wildman–Crippen LogP) is 0.935. The molecule has 80 valence electrons. The van der Waals surface area contributed by atoms with Crippen LogP contribution in [0.1, 0.15) is 26.2 Å². The normalized spacial score (nSPS) is 20.8. The van der Waals surface area contributed by atoms with Crippen LogP contribution >= 0.6 is 0 Å². The van der Waals surface area contributed by atoms with Gasteiger partial charge in [0.1, 0.15) is 12.2 Å². The minimum absolute atomic E-state index is 0.0426. The molecule has 14 heavy (non-hydrogen) atoms. The Morgan fingerprint density at radius 3 is 2.86 bits per heavy atom.